The smallest absolute Gasteiger partial charge is 0.351 e. The normalized spacial score (nSPS) is 11.3. The van der Waals surface area contributed by atoms with E-state index in [0.29, 0.717) is 5.39 Å². The van der Waals surface area contributed by atoms with Crippen molar-refractivity contribution in [1.82, 2.24) is 15.6 Å². The second kappa shape index (κ2) is 6.55. The third-order valence-electron chi connectivity index (χ3n) is 3.05. The van der Waals surface area contributed by atoms with Crippen LogP contribution in [0.25, 0.3) is 10.9 Å². The van der Waals surface area contributed by atoms with Crippen LogP contribution in [0.2, 0.25) is 0 Å². The lowest BCUT2D eigenvalue weighted by molar-refractivity contribution is -0.137. The number of hydrogen-bond acceptors (Lipinski definition) is 2. The summed E-state index contributed by atoms with van der Waals surface area (Å²) in [6.45, 7) is 3.48. The van der Waals surface area contributed by atoms with Crippen molar-refractivity contribution in [3.05, 3.63) is 48.2 Å². The van der Waals surface area contributed by atoms with Gasteiger partial charge in [-0.05, 0) is 18.2 Å². The Kier molecular flexibility index (Phi) is 4.73. The van der Waals surface area contributed by atoms with Gasteiger partial charge in [-0.2, -0.15) is 13.2 Å². The van der Waals surface area contributed by atoms with Crippen molar-refractivity contribution in [3.8, 4) is 0 Å². The number of rotatable bonds is 5. The second-order valence-corrected chi connectivity index (χ2v) is 4.76. The lowest BCUT2D eigenvalue weighted by Crippen LogP contribution is -2.37. The molecule has 0 atom stereocenters. The average molecular weight is 325 g/mol. The SMILES string of the molecule is C=CCNC(=O)CNC(=O)c1cc2ccc(C(F)(F)F)cc2[nH]1. The van der Waals surface area contributed by atoms with Gasteiger partial charge in [-0.15, -0.1) is 6.58 Å². The van der Waals surface area contributed by atoms with Crippen molar-refractivity contribution in [1.29, 1.82) is 0 Å². The van der Waals surface area contributed by atoms with Gasteiger partial charge in [-0.1, -0.05) is 12.1 Å². The van der Waals surface area contributed by atoms with E-state index in [1.54, 1.807) is 0 Å². The van der Waals surface area contributed by atoms with Crippen molar-refractivity contribution in [2.45, 2.75) is 6.18 Å². The number of aromatic amines is 1. The van der Waals surface area contributed by atoms with Gasteiger partial charge >= 0.3 is 6.18 Å². The summed E-state index contributed by atoms with van der Waals surface area (Å²) >= 11 is 0. The molecule has 122 valence electrons. The molecule has 1 aromatic heterocycles. The zero-order valence-corrected chi connectivity index (χ0v) is 12.0. The number of nitrogens with one attached hydrogen (secondary N) is 3. The van der Waals surface area contributed by atoms with Crippen LogP contribution in [0.15, 0.2) is 36.9 Å². The van der Waals surface area contributed by atoms with E-state index in [9.17, 15) is 22.8 Å². The molecule has 8 heteroatoms. The number of benzene rings is 1. The quantitative estimate of drug-likeness (QED) is 0.738. The monoisotopic (exact) mass is 325 g/mol. The van der Waals surface area contributed by atoms with E-state index in [1.807, 2.05) is 0 Å². The maximum absolute atomic E-state index is 12.6. The van der Waals surface area contributed by atoms with Crippen molar-refractivity contribution in [2.75, 3.05) is 13.1 Å². The van der Waals surface area contributed by atoms with Crippen molar-refractivity contribution >= 4 is 22.7 Å². The van der Waals surface area contributed by atoms with Gasteiger partial charge in [0.15, 0.2) is 0 Å². The molecule has 2 rings (SSSR count). The first-order chi connectivity index (χ1) is 10.8. The van der Waals surface area contributed by atoms with E-state index in [-0.39, 0.29) is 24.3 Å². The van der Waals surface area contributed by atoms with Crippen LogP contribution >= 0.6 is 0 Å². The Morgan fingerprint density at radius 3 is 2.61 bits per heavy atom. The summed E-state index contributed by atoms with van der Waals surface area (Å²) in [5.74, 6) is -0.975. The van der Waals surface area contributed by atoms with Crippen molar-refractivity contribution in [3.63, 3.8) is 0 Å². The molecule has 5 nitrogen and oxygen atoms in total. The number of hydrogen-bond donors (Lipinski definition) is 3. The minimum atomic E-state index is -4.45. The molecule has 0 saturated carbocycles. The molecule has 23 heavy (non-hydrogen) atoms. The fraction of sp³-hybridized carbons (Fsp3) is 0.200. The van der Waals surface area contributed by atoms with E-state index < -0.39 is 23.6 Å². The second-order valence-electron chi connectivity index (χ2n) is 4.76. The maximum atomic E-state index is 12.6. The third-order valence-corrected chi connectivity index (χ3v) is 3.05. The van der Waals surface area contributed by atoms with Gasteiger partial charge in [-0.3, -0.25) is 9.59 Å². The highest BCUT2D eigenvalue weighted by molar-refractivity contribution is 5.99. The summed E-state index contributed by atoms with van der Waals surface area (Å²) in [6, 6.07) is 4.58. The molecule has 0 aliphatic rings. The molecule has 0 aliphatic heterocycles. The Morgan fingerprint density at radius 1 is 1.22 bits per heavy atom. The Hall–Kier alpha value is -2.77. The lowest BCUT2D eigenvalue weighted by atomic mass is 10.1. The molecule has 0 spiro atoms. The molecule has 0 aliphatic carbocycles. The largest absolute Gasteiger partial charge is 0.416 e. The van der Waals surface area contributed by atoms with Gasteiger partial charge in [0.05, 0.1) is 12.1 Å². The molecule has 0 unspecified atom stereocenters. The minimum absolute atomic E-state index is 0.0795. The Morgan fingerprint density at radius 2 is 1.96 bits per heavy atom. The number of fused-ring (bicyclic) bond motifs is 1. The highest BCUT2D eigenvalue weighted by Crippen LogP contribution is 2.31. The number of carbonyl (C=O) groups is 2. The lowest BCUT2D eigenvalue weighted by Gasteiger charge is -2.05. The van der Waals surface area contributed by atoms with Crippen LogP contribution in [0.4, 0.5) is 13.2 Å². The van der Waals surface area contributed by atoms with E-state index in [4.69, 9.17) is 0 Å². The van der Waals surface area contributed by atoms with Gasteiger partial charge in [0.2, 0.25) is 5.91 Å². The highest BCUT2D eigenvalue weighted by atomic mass is 19.4. The Balaban J connectivity index is 2.09. The molecule has 0 radical (unpaired) electrons. The molecule has 1 aromatic carbocycles. The summed E-state index contributed by atoms with van der Waals surface area (Å²) in [7, 11) is 0. The van der Waals surface area contributed by atoms with Gasteiger partial charge in [0.1, 0.15) is 5.69 Å². The molecule has 3 N–H and O–H groups in total. The van der Waals surface area contributed by atoms with Crippen LogP contribution in [0.1, 0.15) is 16.1 Å². The summed E-state index contributed by atoms with van der Waals surface area (Å²) < 4.78 is 37.9. The first-order valence-electron chi connectivity index (χ1n) is 6.67. The molecule has 0 fully saturated rings. The first kappa shape index (κ1) is 16.6. The van der Waals surface area contributed by atoms with Crippen LogP contribution in [-0.4, -0.2) is 29.9 Å². The minimum Gasteiger partial charge on any atom is -0.351 e. The van der Waals surface area contributed by atoms with E-state index in [2.05, 4.69) is 22.2 Å². The number of halogens is 3. The molecule has 2 aromatic rings. The van der Waals surface area contributed by atoms with E-state index >= 15 is 0 Å². The molecule has 2 amide bonds. The molecule has 1 heterocycles. The Bertz CT molecular complexity index is 750. The topological polar surface area (TPSA) is 74.0 Å². The van der Waals surface area contributed by atoms with Crippen LogP contribution in [-0.2, 0) is 11.0 Å². The fourth-order valence-electron chi connectivity index (χ4n) is 1.93. The number of H-pyrrole nitrogens is 1. The number of carbonyl (C=O) groups excluding carboxylic acids is 2. The van der Waals surface area contributed by atoms with Crippen LogP contribution < -0.4 is 10.6 Å². The summed E-state index contributed by atoms with van der Waals surface area (Å²) in [5, 5.41) is 5.33. The predicted octanol–water partition coefficient (Wildman–Crippen LogP) is 2.22. The Labute approximate surface area is 129 Å². The number of amides is 2. The molecular formula is C15H14F3N3O2. The van der Waals surface area contributed by atoms with Crippen LogP contribution in [0, 0.1) is 0 Å². The van der Waals surface area contributed by atoms with Gasteiger partial charge < -0.3 is 15.6 Å². The maximum Gasteiger partial charge on any atom is 0.416 e. The fourth-order valence-corrected chi connectivity index (χ4v) is 1.93. The average Bonchev–Trinajstić information content (AvgIpc) is 2.92. The van der Waals surface area contributed by atoms with E-state index in [1.165, 1.54) is 18.2 Å². The summed E-state index contributed by atoms with van der Waals surface area (Å²) in [4.78, 5) is 25.9. The summed E-state index contributed by atoms with van der Waals surface area (Å²) in [5.41, 5.74) is -0.528. The number of alkyl halides is 3. The third kappa shape index (κ3) is 4.12. The first-order valence-corrected chi connectivity index (χ1v) is 6.67. The van der Waals surface area contributed by atoms with Crippen LogP contribution in [0.5, 0.6) is 0 Å². The molecule has 0 bridgehead atoms. The summed E-state index contributed by atoms with van der Waals surface area (Å²) in [6.07, 6.45) is -2.96. The van der Waals surface area contributed by atoms with Crippen molar-refractivity contribution in [2.24, 2.45) is 0 Å². The predicted molar refractivity (Wildman–Crippen MR) is 78.8 cm³/mol. The zero-order valence-electron chi connectivity index (χ0n) is 12.0. The standard InChI is InChI=1S/C15H14F3N3O2/c1-2-5-19-13(22)8-20-14(23)12-6-9-3-4-10(15(16,17)18)7-11(9)21-12/h2-4,6-7,21H,1,5,8H2,(H,19,22)(H,20,23). The molecular weight excluding hydrogens is 311 g/mol. The van der Waals surface area contributed by atoms with Gasteiger partial charge in [0.25, 0.3) is 5.91 Å². The van der Waals surface area contributed by atoms with Gasteiger partial charge in [0, 0.05) is 17.4 Å². The zero-order chi connectivity index (χ0) is 17.0. The highest BCUT2D eigenvalue weighted by Gasteiger charge is 2.30. The van der Waals surface area contributed by atoms with Crippen LogP contribution in [0.3, 0.4) is 0 Å². The van der Waals surface area contributed by atoms with E-state index in [0.717, 1.165) is 12.1 Å². The van der Waals surface area contributed by atoms with Crippen molar-refractivity contribution < 1.29 is 22.8 Å². The molecule has 0 saturated heterocycles. The van der Waals surface area contributed by atoms with Gasteiger partial charge in [-0.25, -0.2) is 0 Å². The number of aromatic nitrogens is 1.